The van der Waals surface area contributed by atoms with Crippen LogP contribution in [0.1, 0.15) is 18.4 Å². The van der Waals surface area contributed by atoms with Crippen molar-refractivity contribution in [3.05, 3.63) is 29.3 Å². The Hall–Kier alpha value is -1.16. The molecule has 0 aromatic heterocycles. The van der Waals surface area contributed by atoms with Gasteiger partial charge in [0.2, 0.25) is 0 Å². The van der Waals surface area contributed by atoms with Crippen molar-refractivity contribution in [3.63, 3.8) is 0 Å². The number of piperidine rings is 1. The fourth-order valence-corrected chi connectivity index (χ4v) is 2.41. The lowest BCUT2D eigenvalue weighted by atomic mass is 10.0. The van der Waals surface area contributed by atoms with Crippen molar-refractivity contribution in [2.75, 3.05) is 25.0 Å². The summed E-state index contributed by atoms with van der Waals surface area (Å²) < 4.78 is 27.6. The summed E-state index contributed by atoms with van der Waals surface area (Å²) in [6.07, 6.45) is 1.84. The number of hydrogen-bond donors (Lipinski definition) is 1. The van der Waals surface area contributed by atoms with Gasteiger partial charge < -0.3 is 10.2 Å². The molecule has 4 heteroatoms. The van der Waals surface area contributed by atoms with E-state index in [4.69, 9.17) is 0 Å². The molecule has 0 saturated carbocycles. The minimum absolute atomic E-state index is 0.0995. The largest absolute Gasteiger partial charge is 0.367 e. The van der Waals surface area contributed by atoms with Crippen LogP contribution in [0.5, 0.6) is 0 Å². The van der Waals surface area contributed by atoms with Gasteiger partial charge >= 0.3 is 0 Å². The third-order valence-electron chi connectivity index (χ3n) is 3.37. The van der Waals surface area contributed by atoms with Crippen molar-refractivity contribution in [1.29, 1.82) is 0 Å². The summed E-state index contributed by atoms with van der Waals surface area (Å²) in [5, 5.41) is 3.25. The van der Waals surface area contributed by atoms with E-state index in [1.807, 2.05) is 0 Å². The first-order chi connectivity index (χ1) is 8.09. The molecule has 2 nitrogen and oxygen atoms in total. The summed E-state index contributed by atoms with van der Waals surface area (Å²) >= 11 is 0. The maximum absolute atomic E-state index is 13.8. The third-order valence-corrected chi connectivity index (χ3v) is 3.37. The third kappa shape index (κ3) is 2.57. The average Bonchev–Trinajstić information content (AvgIpc) is 2.28. The number of halogens is 2. The molecule has 1 aliphatic rings. The van der Waals surface area contributed by atoms with Crippen LogP contribution in [-0.4, -0.2) is 26.2 Å². The lowest BCUT2D eigenvalue weighted by Gasteiger charge is -2.33. The molecule has 1 aromatic carbocycles. The van der Waals surface area contributed by atoms with Gasteiger partial charge in [-0.05, 0) is 50.6 Å². The lowest BCUT2D eigenvalue weighted by Crippen LogP contribution is -2.41. The second-order valence-corrected chi connectivity index (χ2v) is 4.67. The molecule has 1 aromatic rings. The highest BCUT2D eigenvalue weighted by Gasteiger charge is 2.23. The Kier molecular flexibility index (Phi) is 3.62. The summed E-state index contributed by atoms with van der Waals surface area (Å²) in [5.41, 5.74) is 0.713. The van der Waals surface area contributed by atoms with E-state index in [9.17, 15) is 8.78 Å². The van der Waals surface area contributed by atoms with Gasteiger partial charge in [-0.1, -0.05) is 0 Å². The van der Waals surface area contributed by atoms with Crippen LogP contribution in [0.2, 0.25) is 0 Å². The van der Waals surface area contributed by atoms with Crippen LogP contribution in [0.3, 0.4) is 0 Å². The molecule has 0 unspecified atom stereocenters. The molecule has 1 N–H and O–H groups in total. The van der Waals surface area contributed by atoms with E-state index in [-0.39, 0.29) is 11.7 Å². The molecule has 1 fully saturated rings. The van der Waals surface area contributed by atoms with Crippen LogP contribution in [-0.2, 0) is 0 Å². The molecule has 17 heavy (non-hydrogen) atoms. The highest BCUT2D eigenvalue weighted by Crippen LogP contribution is 2.27. The predicted octanol–water partition coefficient (Wildman–Crippen LogP) is 2.46. The zero-order valence-electron chi connectivity index (χ0n) is 10.3. The van der Waals surface area contributed by atoms with Crippen LogP contribution >= 0.6 is 0 Å². The van der Waals surface area contributed by atoms with Crippen molar-refractivity contribution in [2.45, 2.75) is 25.8 Å². The normalized spacial score (nSPS) is 17.2. The SMILES string of the molecule is Cc1cc(F)c(N(C)C2CCNCC2)c(F)c1. The predicted molar refractivity (Wildman–Crippen MR) is 65.4 cm³/mol. The average molecular weight is 240 g/mol. The summed E-state index contributed by atoms with van der Waals surface area (Å²) in [6.45, 7) is 3.51. The van der Waals surface area contributed by atoms with Gasteiger partial charge in [0, 0.05) is 13.1 Å². The molecule has 94 valence electrons. The van der Waals surface area contributed by atoms with Crippen LogP contribution in [0.25, 0.3) is 0 Å². The van der Waals surface area contributed by atoms with E-state index in [1.54, 1.807) is 18.9 Å². The highest BCUT2D eigenvalue weighted by molar-refractivity contribution is 5.50. The van der Waals surface area contributed by atoms with Gasteiger partial charge in [0.25, 0.3) is 0 Å². The van der Waals surface area contributed by atoms with Crippen molar-refractivity contribution in [1.82, 2.24) is 5.32 Å². The maximum Gasteiger partial charge on any atom is 0.149 e. The molecule has 0 aliphatic carbocycles. The molecule has 2 rings (SSSR count). The summed E-state index contributed by atoms with van der Waals surface area (Å²) in [4.78, 5) is 1.74. The van der Waals surface area contributed by atoms with Crippen LogP contribution < -0.4 is 10.2 Å². The van der Waals surface area contributed by atoms with Crippen LogP contribution in [0.15, 0.2) is 12.1 Å². The summed E-state index contributed by atoms with van der Waals surface area (Å²) in [6, 6.07) is 2.98. The Labute approximate surface area is 101 Å². The Bertz CT molecular complexity index is 377. The number of anilines is 1. The molecular weight excluding hydrogens is 222 g/mol. The molecular formula is C13H18F2N2. The Balaban J connectivity index is 2.26. The Morgan fingerprint density at radius 3 is 2.24 bits per heavy atom. The molecule has 1 heterocycles. The first-order valence-electron chi connectivity index (χ1n) is 5.99. The van der Waals surface area contributed by atoms with Crippen LogP contribution in [0, 0.1) is 18.6 Å². The van der Waals surface area contributed by atoms with E-state index in [2.05, 4.69) is 5.32 Å². The molecule has 0 atom stereocenters. The quantitative estimate of drug-likeness (QED) is 0.854. The number of nitrogens with one attached hydrogen (secondary N) is 1. The maximum atomic E-state index is 13.8. The van der Waals surface area contributed by atoms with E-state index in [1.165, 1.54) is 12.1 Å². The second kappa shape index (κ2) is 5.00. The summed E-state index contributed by atoms with van der Waals surface area (Å²) in [7, 11) is 1.77. The molecule has 1 saturated heterocycles. The first kappa shape index (κ1) is 12.3. The van der Waals surface area contributed by atoms with Gasteiger partial charge in [-0.2, -0.15) is 0 Å². The standard InChI is InChI=1S/C13H18F2N2/c1-9-7-11(14)13(12(15)8-9)17(2)10-3-5-16-6-4-10/h7-8,10,16H,3-6H2,1-2H3. The van der Waals surface area contributed by atoms with Crippen molar-refractivity contribution in [3.8, 4) is 0 Å². The number of rotatable bonds is 2. The van der Waals surface area contributed by atoms with Gasteiger partial charge in [0.15, 0.2) is 0 Å². The number of nitrogens with zero attached hydrogens (tertiary/aromatic N) is 1. The molecule has 0 spiro atoms. The zero-order chi connectivity index (χ0) is 12.4. The Morgan fingerprint density at radius 1 is 1.18 bits per heavy atom. The highest BCUT2D eigenvalue weighted by atomic mass is 19.1. The summed E-state index contributed by atoms with van der Waals surface area (Å²) in [5.74, 6) is -0.938. The lowest BCUT2D eigenvalue weighted by molar-refractivity contribution is 0.434. The van der Waals surface area contributed by atoms with E-state index < -0.39 is 11.6 Å². The van der Waals surface area contributed by atoms with Crippen LogP contribution in [0.4, 0.5) is 14.5 Å². The van der Waals surface area contributed by atoms with Gasteiger partial charge in [-0.25, -0.2) is 8.78 Å². The topological polar surface area (TPSA) is 15.3 Å². The van der Waals surface area contributed by atoms with Gasteiger partial charge in [0.05, 0.1) is 0 Å². The second-order valence-electron chi connectivity index (χ2n) is 4.67. The molecule has 0 amide bonds. The van der Waals surface area contributed by atoms with Crippen molar-refractivity contribution >= 4 is 5.69 Å². The first-order valence-corrected chi connectivity index (χ1v) is 5.99. The fourth-order valence-electron chi connectivity index (χ4n) is 2.41. The van der Waals surface area contributed by atoms with Gasteiger partial charge in [0.1, 0.15) is 17.3 Å². The minimum atomic E-state index is -0.469. The molecule has 0 bridgehead atoms. The van der Waals surface area contributed by atoms with E-state index in [0.29, 0.717) is 5.56 Å². The van der Waals surface area contributed by atoms with Crippen molar-refractivity contribution in [2.24, 2.45) is 0 Å². The van der Waals surface area contributed by atoms with Gasteiger partial charge in [-0.3, -0.25) is 0 Å². The smallest absolute Gasteiger partial charge is 0.149 e. The number of hydrogen-bond acceptors (Lipinski definition) is 2. The Morgan fingerprint density at radius 2 is 1.71 bits per heavy atom. The number of benzene rings is 1. The van der Waals surface area contributed by atoms with Crippen molar-refractivity contribution < 1.29 is 8.78 Å². The van der Waals surface area contributed by atoms with E-state index >= 15 is 0 Å². The van der Waals surface area contributed by atoms with Gasteiger partial charge in [-0.15, -0.1) is 0 Å². The monoisotopic (exact) mass is 240 g/mol. The number of aryl methyl sites for hydroxylation is 1. The zero-order valence-corrected chi connectivity index (χ0v) is 10.3. The molecule has 0 radical (unpaired) electrons. The minimum Gasteiger partial charge on any atom is -0.367 e. The van der Waals surface area contributed by atoms with E-state index in [0.717, 1.165) is 25.9 Å². The molecule has 1 aliphatic heterocycles. The fraction of sp³-hybridized carbons (Fsp3) is 0.538.